The number of aromatic nitrogens is 2. The van der Waals surface area contributed by atoms with E-state index in [0.29, 0.717) is 5.92 Å². The van der Waals surface area contributed by atoms with Crippen molar-refractivity contribution in [2.75, 3.05) is 13.1 Å². The largest absolute Gasteiger partial charge is 0.326 e. The molecule has 0 saturated carbocycles. The smallest absolute Gasteiger partial charge is 0.123 e. The van der Waals surface area contributed by atoms with E-state index < -0.39 is 0 Å². The minimum atomic E-state index is -0.242. The zero-order valence-corrected chi connectivity index (χ0v) is 15.1. The van der Waals surface area contributed by atoms with Crippen LogP contribution in [0.15, 0.2) is 66.9 Å². The van der Waals surface area contributed by atoms with Gasteiger partial charge in [-0.3, -0.25) is 4.90 Å². The topological polar surface area (TPSA) is 47.1 Å². The highest BCUT2D eigenvalue weighted by Gasteiger charge is 2.31. The van der Waals surface area contributed by atoms with Crippen molar-refractivity contribution in [3.63, 3.8) is 0 Å². The van der Waals surface area contributed by atoms with E-state index in [0.717, 1.165) is 31.0 Å². The van der Waals surface area contributed by atoms with Gasteiger partial charge < -0.3 is 5.73 Å². The summed E-state index contributed by atoms with van der Waals surface area (Å²) in [4.78, 5) is 2.36. The first kappa shape index (κ1) is 18.6. The summed E-state index contributed by atoms with van der Waals surface area (Å²) in [5.74, 6) is 0.108. The van der Waals surface area contributed by atoms with E-state index in [9.17, 15) is 4.39 Å². The molecular formula is C20H22ClFN4. The van der Waals surface area contributed by atoms with Crippen LogP contribution in [0.1, 0.15) is 17.2 Å². The summed E-state index contributed by atoms with van der Waals surface area (Å²) >= 11 is 0. The zero-order valence-electron chi connectivity index (χ0n) is 14.3. The highest BCUT2D eigenvalue weighted by Crippen LogP contribution is 2.27. The van der Waals surface area contributed by atoms with Crippen molar-refractivity contribution in [1.29, 1.82) is 0 Å². The van der Waals surface area contributed by atoms with Crippen LogP contribution in [0.4, 0.5) is 4.39 Å². The molecule has 0 aliphatic carbocycles. The van der Waals surface area contributed by atoms with E-state index in [1.165, 1.54) is 17.7 Å². The fourth-order valence-electron chi connectivity index (χ4n) is 3.59. The van der Waals surface area contributed by atoms with Crippen LogP contribution in [0.25, 0.3) is 5.69 Å². The predicted molar refractivity (Wildman–Crippen MR) is 103 cm³/mol. The molecule has 2 aromatic carbocycles. The predicted octanol–water partition coefficient (Wildman–Crippen LogP) is 3.36. The number of halogens is 2. The molecule has 2 heterocycles. The normalized spacial score (nSPS) is 20.1. The number of likely N-dealkylation sites (tertiary alicyclic amines) is 1. The van der Waals surface area contributed by atoms with Gasteiger partial charge in [0.05, 0.1) is 11.4 Å². The number of nitrogens with two attached hydrogens (primary N) is 1. The quantitative estimate of drug-likeness (QED) is 0.763. The number of nitrogens with zero attached hydrogens (tertiary/aromatic N) is 3. The van der Waals surface area contributed by atoms with Crippen LogP contribution < -0.4 is 5.73 Å². The molecule has 1 saturated heterocycles. The van der Waals surface area contributed by atoms with Crippen LogP contribution >= 0.6 is 12.4 Å². The molecule has 3 aromatic rings. The maximum atomic E-state index is 13.2. The SMILES string of the molecule is Cl.N[C@@H]1CN(Cc2ccnn2-c2ccc(F)cc2)C[C@H]1c1ccccc1. The van der Waals surface area contributed by atoms with Crippen LogP contribution in [-0.4, -0.2) is 33.8 Å². The summed E-state index contributed by atoms with van der Waals surface area (Å²) < 4.78 is 15.0. The highest BCUT2D eigenvalue weighted by molar-refractivity contribution is 5.85. The molecule has 26 heavy (non-hydrogen) atoms. The molecule has 0 spiro atoms. The van der Waals surface area contributed by atoms with Gasteiger partial charge in [0.2, 0.25) is 0 Å². The van der Waals surface area contributed by atoms with Gasteiger partial charge in [0.15, 0.2) is 0 Å². The van der Waals surface area contributed by atoms with Gasteiger partial charge in [0.25, 0.3) is 0 Å². The van der Waals surface area contributed by atoms with Gasteiger partial charge in [-0.25, -0.2) is 9.07 Å². The molecule has 0 bridgehead atoms. The molecule has 4 rings (SSSR count). The Hall–Kier alpha value is -2.21. The molecule has 0 unspecified atom stereocenters. The second-order valence-corrected chi connectivity index (χ2v) is 6.59. The lowest BCUT2D eigenvalue weighted by atomic mass is 9.95. The van der Waals surface area contributed by atoms with Crippen LogP contribution in [0.3, 0.4) is 0 Å². The Morgan fingerprint density at radius 2 is 1.73 bits per heavy atom. The average Bonchev–Trinajstić information content (AvgIpc) is 3.23. The van der Waals surface area contributed by atoms with Crippen LogP contribution in [0.5, 0.6) is 0 Å². The third-order valence-corrected chi connectivity index (χ3v) is 4.85. The lowest BCUT2D eigenvalue weighted by Crippen LogP contribution is -2.29. The Kier molecular flexibility index (Phi) is 5.71. The van der Waals surface area contributed by atoms with Crippen molar-refractivity contribution >= 4 is 12.4 Å². The molecule has 0 radical (unpaired) electrons. The lowest BCUT2D eigenvalue weighted by molar-refractivity contribution is 0.316. The first-order chi connectivity index (χ1) is 12.2. The van der Waals surface area contributed by atoms with Crippen LogP contribution in [0.2, 0.25) is 0 Å². The van der Waals surface area contributed by atoms with Gasteiger partial charge >= 0.3 is 0 Å². The maximum absolute atomic E-state index is 13.2. The Labute approximate surface area is 158 Å². The van der Waals surface area contributed by atoms with Crippen molar-refractivity contribution in [3.8, 4) is 5.69 Å². The van der Waals surface area contributed by atoms with E-state index in [1.54, 1.807) is 18.3 Å². The molecule has 2 atom stereocenters. The van der Waals surface area contributed by atoms with E-state index >= 15 is 0 Å². The van der Waals surface area contributed by atoms with E-state index in [2.05, 4.69) is 34.3 Å². The molecule has 1 aliphatic heterocycles. The van der Waals surface area contributed by atoms with E-state index in [-0.39, 0.29) is 24.3 Å². The van der Waals surface area contributed by atoms with Gasteiger partial charge in [-0.2, -0.15) is 5.10 Å². The van der Waals surface area contributed by atoms with E-state index in [1.807, 2.05) is 16.8 Å². The maximum Gasteiger partial charge on any atom is 0.123 e. The summed E-state index contributed by atoms with van der Waals surface area (Å²) in [6, 6.07) is 19.0. The Balaban J connectivity index is 0.00000196. The highest BCUT2D eigenvalue weighted by atomic mass is 35.5. The third kappa shape index (κ3) is 3.80. The van der Waals surface area contributed by atoms with Gasteiger partial charge in [0.1, 0.15) is 5.82 Å². The number of hydrogen-bond donors (Lipinski definition) is 1. The molecule has 2 N–H and O–H groups in total. The monoisotopic (exact) mass is 372 g/mol. The minimum absolute atomic E-state index is 0. The number of benzene rings is 2. The molecule has 0 amide bonds. The average molecular weight is 373 g/mol. The molecule has 1 aliphatic rings. The fraction of sp³-hybridized carbons (Fsp3) is 0.250. The molecule has 136 valence electrons. The summed E-state index contributed by atoms with van der Waals surface area (Å²) in [6.07, 6.45) is 1.78. The molecular weight excluding hydrogens is 351 g/mol. The summed E-state index contributed by atoms with van der Waals surface area (Å²) in [6.45, 7) is 2.56. The van der Waals surface area contributed by atoms with Crippen molar-refractivity contribution in [1.82, 2.24) is 14.7 Å². The minimum Gasteiger partial charge on any atom is -0.326 e. The number of hydrogen-bond acceptors (Lipinski definition) is 3. The van der Waals surface area contributed by atoms with Crippen LogP contribution in [0, 0.1) is 5.82 Å². The lowest BCUT2D eigenvalue weighted by Gasteiger charge is -2.17. The molecule has 1 aromatic heterocycles. The van der Waals surface area contributed by atoms with E-state index in [4.69, 9.17) is 5.73 Å². The Bertz CT molecular complexity index is 835. The second kappa shape index (κ2) is 7.99. The second-order valence-electron chi connectivity index (χ2n) is 6.59. The number of rotatable bonds is 4. The fourth-order valence-corrected chi connectivity index (χ4v) is 3.59. The summed E-state index contributed by atoms with van der Waals surface area (Å²) in [5.41, 5.74) is 9.63. The van der Waals surface area contributed by atoms with Crippen LogP contribution in [-0.2, 0) is 6.54 Å². The van der Waals surface area contributed by atoms with Crippen molar-refractivity contribution in [3.05, 3.63) is 83.9 Å². The Morgan fingerprint density at radius 3 is 2.46 bits per heavy atom. The molecule has 4 nitrogen and oxygen atoms in total. The Morgan fingerprint density at radius 1 is 1.00 bits per heavy atom. The van der Waals surface area contributed by atoms with Gasteiger partial charge in [-0.1, -0.05) is 30.3 Å². The van der Waals surface area contributed by atoms with Crippen molar-refractivity contribution in [2.45, 2.75) is 18.5 Å². The third-order valence-electron chi connectivity index (χ3n) is 4.85. The summed E-state index contributed by atoms with van der Waals surface area (Å²) in [5, 5.41) is 4.39. The molecule has 1 fully saturated rings. The first-order valence-corrected chi connectivity index (χ1v) is 8.52. The van der Waals surface area contributed by atoms with Gasteiger partial charge in [0, 0.05) is 37.8 Å². The first-order valence-electron chi connectivity index (χ1n) is 8.52. The van der Waals surface area contributed by atoms with Gasteiger partial charge in [-0.15, -0.1) is 12.4 Å². The summed E-state index contributed by atoms with van der Waals surface area (Å²) in [7, 11) is 0. The standard InChI is InChI=1S/C20H21FN4.ClH/c21-16-6-8-17(9-7-16)25-18(10-11-23-25)12-24-13-19(20(22)14-24)15-4-2-1-3-5-15;/h1-11,19-20H,12-14,22H2;1H/t19-,20+;/m0./s1. The molecule has 6 heteroatoms. The van der Waals surface area contributed by atoms with Gasteiger partial charge in [-0.05, 0) is 35.9 Å². The zero-order chi connectivity index (χ0) is 17.2. The van der Waals surface area contributed by atoms with Crippen molar-refractivity contribution in [2.24, 2.45) is 5.73 Å². The van der Waals surface area contributed by atoms with Crippen molar-refractivity contribution < 1.29 is 4.39 Å².